The molecule has 7 nitrogen and oxygen atoms in total. The fourth-order valence-electron chi connectivity index (χ4n) is 3.60. The summed E-state index contributed by atoms with van der Waals surface area (Å²) >= 11 is 0. The summed E-state index contributed by atoms with van der Waals surface area (Å²) in [6, 6.07) is 16.1. The molecule has 1 aliphatic rings. The second-order valence-electron chi connectivity index (χ2n) is 8.03. The van der Waals surface area contributed by atoms with Crippen molar-refractivity contribution in [3.8, 4) is 11.4 Å². The third-order valence-corrected chi connectivity index (χ3v) is 5.44. The van der Waals surface area contributed by atoms with E-state index < -0.39 is 0 Å². The lowest BCUT2D eigenvalue weighted by Gasteiger charge is -2.06. The van der Waals surface area contributed by atoms with Gasteiger partial charge in [-0.3, -0.25) is 4.98 Å². The van der Waals surface area contributed by atoms with Crippen LogP contribution in [-0.4, -0.2) is 39.6 Å². The zero-order chi connectivity index (χ0) is 20.9. The molecule has 1 aromatic carbocycles. The molecule has 3 heterocycles. The lowest BCUT2D eigenvalue weighted by molar-refractivity contribution is 0.587. The number of rotatable bonds is 10. The Kier molecular flexibility index (Phi) is 5.86. The van der Waals surface area contributed by atoms with Crippen LogP contribution in [0, 0.1) is 5.92 Å². The van der Waals surface area contributed by atoms with Gasteiger partial charge in [0.1, 0.15) is 0 Å². The Hall–Kier alpha value is -3.29. The largest absolute Gasteiger partial charge is 0.357 e. The van der Waals surface area contributed by atoms with E-state index in [1.54, 1.807) is 12.4 Å². The van der Waals surface area contributed by atoms with Crippen LogP contribution >= 0.6 is 0 Å². The Balaban J connectivity index is 1.20. The van der Waals surface area contributed by atoms with Crippen molar-refractivity contribution >= 4 is 22.5 Å². The van der Waals surface area contributed by atoms with Crippen molar-refractivity contribution in [3.05, 3.63) is 66.6 Å². The van der Waals surface area contributed by atoms with Gasteiger partial charge in [0.2, 0.25) is 5.95 Å². The van der Waals surface area contributed by atoms with Crippen molar-refractivity contribution in [2.75, 3.05) is 25.0 Å². The molecule has 0 bridgehead atoms. The molecule has 0 saturated heterocycles. The molecule has 0 unspecified atom stereocenters. The summed E-state index contributed by atoms with van der Waals surface area (Å²) in [5, 5.41) is 11.5. The van der Waals surface area contributed by atoms with Crippen LogP contribution in [0.4, 0.5) is 11.6 Å². The summed E-state index contributed by atoms with van der Waals surface area (Å²) in [5.74, 6) is 1.48. The average molecular weight is 414 g/mol. The van der Waals surface area contributed by atoms with E-state index in [2.05, 4.69) is 54.1 Å². The quantitative estimate of drug-likeness (QED) is 0.295. The highest BCUT2D eigenvalue weighted by molar-refractivity contribution is 5.84. The number of pyridine rings is 1. The van der Waals surface area contributed by atoms with E-state index in [0.29, 0.717) is 5.95 Å². The number of hydrogen-bond donors (Lipinski definition) is 4. The average Bonchev–Trinajstić information content (AvgIpc) is 3.54. The molecule has 3 aromatic heterocycles. The predicted octanol–water partition coefficient (Wildman–Crippen LogP) is 3.85. The zero-order valence-electron chi connectivity index (χ0n) is 17.4. The molecule has 0 amide bonds. The summed E-state index contributed by atoms with van der Waals surface area (Å²) in [6.45, 7) is 3.98. The molecule has 1 fully saturated rings. The third-order valence-electron chi connectivity index (χ3n) is 5.44. The normalized spacial score (nSPS) is 13.5. The first kappa shape index (κ1) is 19.7. The number of nitrogens with one attached hydrogen (secondary N) is 4. The van der Waals surface area contributed by atoms with E-state index in [0.717, 1.165) is 53.5 Å². The number of benzene rings is 1. The van der Waals surface area contributed by atoms with Crippen LogP contribution in [0.5, 0.6) is 0 Å². The number of hydrogen-bond acceptors (Lipinski definition) is 6. The Morgan fingerprint density at radius 3 is 2.71 bits per heavy atom. The molecule has 1 saturated carbocycles. The number of anilines is 2. The minimum atomic E-state index is 0.554. The highest BCUT2D eigenvalue weighted by Crippen LogP contribution is 2.27. The Labute approximate surface area is 181 Å². The highest BCUT2D eigenvalue weighted by atomic mass is 15.1. The van der Waals surface area contributed by atoms with Gasteiger partial charge in [0.15, 0.2) is 0 Å². The van der Waals surface area contributed by atoms with Crippen LogP contribution in [0.15, 0.2) is 60.9 Å². The van der Waals surface area contributed by atoms with Crippen LogP contribution in [0.1, 0.15) is 18.5 Å². The number of H-pyrrole nitrogens is 1. The molecule has 31 heavy (non-hydrogen) atoms. The maximum absolute atomic E-state index is 4.59. The molecule has 0 atom stereocenters. The predicted molar refractivity (Wildman–Crippen MR) is 124 cm³/mol. The monoisotopic (exact) mass is 413 g/mol. The van der Waals surface area contributed by atoms with Crippen molar-refractivity contribution < 1.29 is 0 Å². The van der Waals surface area contributed by atoms with Gasteiger partial charge in [-0.1, -0.05) is 6.07 Å². The van der Waals surface area contributed by atoms with Crippen molar-refractivity contribution in [1.29, 1.82) is 0 Å². The van der Waals surface area contributed by atoms with Crippen LogP contribution in [0.2, 0.25) is 0 Å². The smallest absolute Gasteiger partial charge is 0.227 e. The molecule has 5 rings (SSSR count). The second-order valence-corrected chi connectivity index (χ2v) is 8.03. The fraction of sp³-hybridized carbons (Fsp3) is 0.292. The van der Waals surface area contributed by atoms with Gasteiger partial charge in [0.25, 0.3) is 0 Å². The van der Waals surface area contributed by atoms with Crippen LogP contribution in [0.25, 0.3) is 22.3 Å². The third kappa shape index (κ3) is 5.25. The summed E-state index contributed by atoms with van der Waals surface area (Å²) in [4.78, 5) is 16.8. The summed E-state index contributed by atoms with van der Waals surface area (Å²) in [7, 11) is 0. The molecule has 4 N–H and O–H groups in total. The van der Waals surface area contributed by atoms with Crippen LogP contribution in [-0.2, 0) is 6.54 Å². The molecule has 7 heteroatoms. The van der Waals surface area contributed by atoms with Crippen molar-refractivity contribution in [2.45, 2.75) is 19.4 Å². The first-order chi connectivity index (χ1) is 15.3. The van der Waals surface area contributed by atoms with Crippen molar-refractivity contribution in [3.63, 3.8) is 0 Å². The second kappa shape index (κ2) is 9.24. The van der Waals surface area contributed by atoms with Gasteiger partial charge in [-0.2, -0.15) is 0 Å². The van der Waals surface area contributed by atoms with E-state index in [-0.39, 0.29) is 0 Å². The van der Waals surface area contributed by atoms with E-state index in [1.165, 1.54) is 25.1 Å². The summed E-state index contributed by atoms with van der Waals surface area (Å²) < 4.78 is 0. The fourth-order valence-corrected chi connectivity index (χ4v) is 3.60. The van der Waals surface area contributed by atoms with Gasteiger partial charge in [0, 0.05) is 54.3 Å². The maximum Gasteiger partial charge on any atom is 0.227 e. The summed E-state index contributed by atoms with van der Waals surface area (Å²) in [5.41, 5.74) is 4.88. The first-order valence-electron chi connectivity index (χ1n) is 10.9. The molecule has 0 radical (unpaired) electrons. The molecule has 1 aliphatic carbocycles. The Bertz CT molecular complexity index is 1140. The lowest BCUT2D eigenvalue weighted by Crippen LogP contribution is -2.28. The molecular weight excluding hydrogens is 386 g/mol. The Morgan fingerprint density at radius 2 is 1.84 bits per heavy atom. The number of aromatic nitrogens is 4. The van der Waals surface area contributed by atoms with Gasteiger partial charge in [-0.05, 0) is 67.8 Å². The van der Waals surface area contributed by atoms with Gasteiger partial charge >= 0.3 is 0 Å². The molecular formula is C24H27N7. The van der Waals surface area contributed by atoms with E-state index in [1.807, 2.05) is 30.3 Å². The first-order valence-corrected chi connectivity index (χ1v) is 10.9. The minimum Gasteiger partial charge on any atom is -0.357 e. The maximum atomic E-state index is 4.59. The van der Waals surface area contributed by atoms with Gasteiger partial charge in [0.05, 0.1) is 11.4 Å². The topological polar surface area (TPSA) is 90.5 Å². The van der Waals surface area contributed by atoms with Crippen molar-refractivity contribution in [2.24, 2.45) is 5.92 Å². The molecule has 158 valence electrons. The Morgan fingerprint density at radius 1 is 0.903 bits per heavy atom. The van der Waals surface area contributed by atoms with Gasteiger partial charge in [-0.25, -0.2) is 9.97 Å². The highest BCUT2D eigenvalue weighted by Gasteiger charge is 2.19. The molecule has 0 spiro atoms. The summed E-state index contributed by atoms with van der Waals surface area (Å²) in [6.07, 6.45) is 6.31. The van der Waals surface area contributed by atoms with Crippen LogP contribution < -0.4 is 16.0 Å². The van der Waals surface area contributed by atoms with E-state index in [4.69, 9.17) is 0 Å². The lowest BCUT2D eigenvalue weighted by atomic mass is 10.2. The molecule has 0 aliphatic heterocycles. The van der Waals surface area contributed by atoms with Crippen molar-refractivity contribution in [1.82, 2.24) is 30.6 Å². The number of nitrogens with zero attached hydrogens (tertiary/aromatic N) is 3. The van der Waals surface area contributed by atoms with E-state index >= 15 is 0 Å². The van der Waals surface area contributed by atoms with E-state index in [9.17, 15) is 0 Å². The zero-order valence-corrected chi connectivity index (χ0v) is 17.4. The van der Waals surface area contributed by atoms with Crippen LogP contribution in [0.3, 0.4) is 0 Å². The van der Waals surface area contributed by atoms with Gasteiger partial charge < -0.3 is 20.9 Å². The number of aromatic amines is 1. The number of fused-ring (bicyclic) bond motifs is 1. The SMILES string of the molecule is c1ccc(-c2ccnc(Nc3ccc4[nH]c(CNCCNCC5CC5)cc4c3)n2)nc1. The molecule has 4 aromatic rings. The standard InChI is InChI=1S/C24H27N7/c1-2-9-27-22(3-1)23-8-10-28-24(31-23)30-19-6-7-21-18(13-19)14-20(29-21)16-26-12-11-25-15-17-4-5-17/h1-3,6-10,13-14,17,25-26,29H,4-5,11-12,15-16H2,(H,28,30,31). The minimum absolute atomic E-state index is 0.554. The van der Waals surface area contributed by atoms with Gasteiger partial charge in [-0.15, -0.1) is 0 Å².